The Morgan fingerprint density at radius 2 is 2.14 bits per heavy atom. The molecular formula is C11H17NO2. The minimum Gasteiger partial charge on any atom is -0.493 e. The normalized spacial score (nSPS) is 12.3. The lowest BCUT2D eigenvalue weighted by Crippen LogP contribution is -2.08. The van der Waals surface area contributed by atoms with E-state index in [0.29, 0.717) is 6.61 Å². The smallest absolute Gasteiger partial charge is 0.165 e. The Labute approximate surface area is 84.8 Å². The van der Waals surface area contributed by atoms with Crippen molar-refractivity contribution in [3.05, 3.63) is 23.8 Å². The summed E-state index contributed by atoms with van der Waals surface area (Å²) in [6.07, 6.45) is 0. The molecule has 14 heavy (non-hydrogen) atoms. The third kappa shape index (κ3) is 2.17. The van der Waals surface area contributed by atoms with Crippen LogP contribution in [0.4, 0.5) is 0 Å². The van der Waals surface area contributed by atoms with Crippen molar-refractivity contribution in [3.8, 4) is 11.5 Å². The number of nitrogens with two attached hydrogens (primary N) is 1. The van der Waals surface area contributed by atoms with Crippen LogP contribution in [-0.2, 0) is 0 Å². The lowest BCUT2D eigenvalue weighted by molar-refractivity contribution is 0.306. The van der Waals surface area contributed by atoms with Crippen LogP contribution in [0.1, 0.15) is 25.5 Å². The summed E-state index contributed by atoms with van der Waals surface area (Å²) >= 11 is 0. The molecule has 0 bridgehead atoms. The maximum Gasteiger partial charge on any atom is 0.165 e. The third-order valence-corrected chi connectivity index (χ3v) is 2.01. The van der Waals surface area contributed by atoms with Gasteiger partial charge in [-0.25, -0.2) is 0 Å². The monoisotopic (exact) mass is 195 g/mol. The lowest BCUT2D eigenvalue weighted by atomic mass is 10.1. The zero-order valence-corrected chi connectivity index (χ0v) is 8.91. The minimum absolute atomic E-state index is 0.0494. The van der Waals surface area contributed by atoms with Crippen molar-refractivity contribution in [2.24, 2.45) is 5.73 Å². The van der Waals surface area contributed by atoms with Crippen molar-refractivity contribution in [2.75, 3.05) is 13.7 Å². The van der Waals surface area contributed by atoms with Gasteiger partial charge in [-0.2, -0.15) is 0 Å². The molecule has 3 nitrogen and oxygen atoms in total. The van der Waals surface area contributed by atoms with Gasteiger partial charge in [0.15, 0.2) is 11.5 Å². The first-order valence-corrected chi connectivity index (χ1v) is 4.76. The van der Waals surface area contributed by atoms with Gasteiger partial charge in [0.2, 0.25) is 0 Å². The average Bonchev–Trinajstić information content (AvgIpc) is 2.18. The molecule has 0 aliphatic heterocycles. The van der Waals surface area contributed by atoms with Gasteiger partial charge in [-0.05, 0) is 19.9 Å². The second-order valence-corrected chi connectivity index (χ2v) is 3.10. The Balaban J connectivity index is 3.13. The zero-order valence-electron chi connectivity index (χ0n) is 8.91. The first kappa shape index (κ1) is 10.9. The molecule has 1 aromatic carbocycles. The van der Waals surface area contributed by atoms with Crippen molar-refractivity contribution in [2.45, 2.75) is 19.9 Å². The highest BCUT2D eigenvalue weighted by atomic mass is 16.5. The van der Waals surface area contributed by atoms with E-state index in [4.69, 9.17) is 15.2 Å². The van der Waals surface area contributed by atoms with E-state index in [1.165, 1.54) is 0 Å². The fourth-order valence-electron chi connectivity index (χ4n) is 1.35. The molecule has 1 atom stereocenters. The molecule has 0 radical (unpaired) electrons. The molecule has 0 heterocycles. The molecule has 0 aromatic heterocycles. The number of rotatable bonds is 4. The quantitative estimate of drug-likeness (QED) is 0.800. The van der Waals surface area contributed by atoms with Crippen molar-refractivity contribution >= 4 is 0 Å². The number of hydrogen-bond donors (Lipinski definition) is 1. The third-order valence-electron chi connectivity index (χ3n) is 2.01. The van der Waals surface area contributed by atoms with Crippen LogP contribution in [0.15, 0.2) is 18.2 Å². The van der Waals surface area contributed by atoms with Crippen molar-refractivity contribution in [1.29, 1.82) is 0 Å². The fraction of sp³-hybridized carbons (Fsp3) is 0.455. The number of para-hydroxylation sites is 1. The summed E-state index contributed by atoms with van der Waals surface area (Å²) < 4.78 is 10.7. The van der Waals surface area contributed by atoms with Crippen LogP contribution in [0.25, 0.3) is 0 Å². The Kier molecular flexibility index (Phi) is 3.77. The number of benzene rings is 1. The van der Waals surface area contributed by atoms with Crippen LogP contribution in [0.3, 0.4) is 0 Å². The van der Waals surface area contributed by atoms with Crippen LogP contribution < -0.4 is 15.2 Å². The van der Waals surface area contributed by atoms with Crippen LogP contribution in [0, 0.1) is 0 Å². The molecule has 3 heteroatoms. The Morgan fingerprint density at radius 3 is 2.64 bits per heavy atom. The first-order valence-electron chi connectivity index (χ1n) is 4.76. The molecule has 0 amide bonds. The molecule has 0 unspecified atom stereocenters. The molecule has 78 valence electrons. The van der Waals surface area contributed by atoms with E-state index in [0.717, 1.165) is 17.1 Å². The summed E-state index contributed by atoms with van der Waals surface area (Å²) in [6.45, 7) is 4.48. The average molecular weight is 195 g/mol. The molecule has 1 rings (SSSR count). The van der Waals surface area contributed by atoms with Crippen molar-refractivity contribution < 1.29 is 9.47 Å². The fourth-order valence-corrected chi connectivity index (χ4v) is 1.35. The predicted octanol–water partition coefficient (Wildman–Crippen LogP) is 2.11. The summed E-state index contributed by atoms with van der Waals surface area (Å²) in [5.74, 6) is 1.49. The predicted molar refractivity (Wildman–Crippen MR) is 56.8 cm³/mol. The molecule has 0 fully saturated rings. The number of hydrogen-bond acceptors (Lipinski definition) is 3. The van der Waals surface area contributed by atoms with Crippen LogP contribution in [-0.4, -0.2) is 13.7 Å². The molecule has 1 aromatic rings. The van der Waals surface area contributed by atoms with E-state index in [2.05, 4.69) is 0 Å². The van der Waals surface area contributed by atoms with Gasteiger partial charge in [-0.15, -0.1) is 0 Å². The van der Waals surface area contributed by atoms with Crippen molar-refractivity contribution in [1.82, 2.24) is 0 Å². The minimum atomic E-state index is -0.0494. The summed E-state index contributed by atoms with van der Waals surface area (Å²) in [5.41, 5.74) is 6.81. The van der Waals surface area contributed by atoms with E-state index in [-0.39, 0.29) is 6.04 Å². The summed E-state index contributed by atoms with van der Waals surface area (Å²) in [6, 6.07) is 5.70. The molecule has 0 spiro atoms. The maximum absolute atomic E-state index is 5.83. The van der Waals surface area contributed by atoms with Crippen LogP contribution in [0.5, 0.6) is 11.5 Å². The SMILES string of the molecule is CCOc1c(OC)cccc1[C@@H](C)N. The molecule has 0 saturated carbocycles. The topological polar surface area (TPSA) is 44.5 Å². The highest BCUT2D eigenvalue weighted by Gasteiger charge is 2.12. The van der Waals surface area contributed by atoms with Gasteiger partial charge in [0.1, 0.15) is 0 Å². The van der Waals surface area contributed by atoms with Gasteiger partial charge in [0.05, 0.1) is 13.7 Å². The number of methoxy groups -OCH3 is 1. The second-order valence-electron chi connectivity index (χ2n) is 3.10. The lowest BCUT2D eigenvalue weighted by Gasteiger charge is -2.15. The highest BCUT2D eigenvalue weighted by molar-refractivity contribution is 5.47. The zero-order chi connectivity index (χ0) is 10.6. The van der Waals surface area contributed by atoms with Gasteiger partial charge < -0.3 is 15.2 Å². The molecule has 0 saturated heterocycles. The summed E-state index contributed by atoms with van der Waals surface area (Å²) in [7, 11) is 1.63. The summed E-state index contributed by atoms with van der Waals surface area (Å²) in [4.78, 5) is 0. The second kappa shape index (κ2) is 4.86. The maximum atomic E-state index is 5.83. The van der Waals surface area contributed by atoms with E-state index in [9.17, 15) is 0 Å². The molecule has 0 aliphatic rings. The van der Waals surface area contributed by atoms with E-state index in [1.807, 2.05) is 32.0 Å². The largest absolute Gasteiger partial charge is 0.493 e. The van der Waals surface area contributed by atoms with Gasteiger partial charge >= 0.3 is 0 Å². The van der Waals surface area contributed by atoms with E-state index >= 15 is 0 Å². The Morgan fingerprint density at radius 1 is 1.43 bits per heavy atom. The number of ether oxygens (including phenoxy) is 2. The molecule has 2 N–H and O–H groups in total. The van der Waals surface area contributed by atoms with Gasteiger partial charge in [-0.1, -0.05) is 12.1 Å². The molecule has 0 aliphatic carbocycles. The van der Waals surface area contributed by atoms with Crippen LogP contribution >= 0.6 is 0 Å². The van der Waals surface area contributed by atoms with Gasteiger partial charge in [0.25, 0.3) is 0 Å². The molecular weight excluding hydrogens is 178 g/mol. The highest BCUT2D eigenvalue weighted by Crippen LogP contribution is 2.33. The Bertz CT molecular complexity index is 297. The van der Waals surface area contributed by atoms with Crippen LogP contribution in [0.2, 0.25) is 0 Å². The summed E-state index contributed by atoms with van der Waals surface area (Å²) in [5, 5.41) is 0. The van der Waals surface area contributed by atoms with E-state index in [1.54, 1.807) is 7.11 Å². The van der Waals surface area contributed by atoms with Gasteiger partial charge in [0, 0.05) is 11.6 Å². The standard InChI is InChI=1S/C11H17NO2/c1-4-14-11-9(8(2)12)6-5-7-10(11)13-3/h5-8H,4,12H2,1-3H3/t8-/m1/s1. The van der Waals surface area contributed by atoms with Crippen molar-refractivity contribution in [3.63, 3.8) is 0 Å². The first-order chi connectivity index (χ1) is 6.70. The van der Waals surface area contributed by atoms with E-state index < -0.39 is 0 Å². The van der Waals surface area contributed by atoms with Gasteiger partial charge in [-0.3, -0.25) is 0 Å². The Hall–Kier alpha value is -1.22.